The first-order valence-electron chi connectivity index (χ1n) is 7.65. The number of nitriles is 1. The Morgan fingerprint density at radius 1 is 1.12 bits per heavy atom. The second-order valence-electron chi connectivity index (χ2n) is 5.34. The van der Waals surface area contributed by atoms with Crippen molar-refractivity contribution < 1.29 is 19.1 Å². The van der Waals surface area contributed by atoms with Gasteiger partial charge in [-0.2, -0.15) is 5.26 Å². The maximum Gasteiger partial charge on any atom is 0.311 e. The molecule has 0 radical (unpaired) electrons. The Kier molecular flexibility index (Phi) is 6.13. The fraction of sp³-hybridized carbons (Fsp3) is 0.211. The Morgan fingerprint density at radius 2 is 1.76 bits per heavy atom. The van der Waals surface area contributed by atoms with E-state index >= 15 is 0 Å². The molecule has 0 aliphatic rings. The highest BCUT2D eigenvalue weighted by molar-refractivity contribution is 5.95. The van der Waals surface area contributed by atoms with Crippen LogP contribution in [0.2, 0.25) is 0 Å². The van der Waals surface area contributed by atoms with Gasteiger partial charge in [0.15, 0.2) is 6.10 Å². The number of hydrogen-bond acceptors (Lipinski definition) is 5. The minimum absolute atomic E-state index is 0.0679. The van der Waals surface area contributed by atoms with E-state index in [4.69, 9.17) is 14.7 Å². The van der Waals surface area contributed by atoms with E-state index in [-0.39, 0.29) is 6.42 Å². The molecule has 2 aromatic carbocycles. The molecule has 128 valence electrons. The van der Waals surface area contributed by atoms with E-state index in [2.05, 4.69) is 5.32 Å². The van der Waals surface area contributed by atoms with Gasteiger partial charge in [-0.15, -0.1) is 0 Å². The first-order chi connectivity index (χ1) is 12.0. The van der Waals surface area contributed by atoms with Crippen LogP contribution >= 0.6 is 0 Å². The number of carbonyl (C=O) groups is 2. The molecular formula is C19H18N2O4. The zero-order chi connectivity index (χ0) is 18.2. The summed E-state index contributed by atoms with van der Waals surface area (Å²) in [4.78, 5) is 24.0. The maximum absolute atomic E-state index is 12.1. The molecule has 0 aliphatic carbocycles. The Morgan fingerprint density at radius 3 is 2.32 bits per heavy atom. The molecule has 6 nitrogen and oxygen atoms in total. The summed E-state index contributed by atoms with van der Waals surface area (Å²) >= 11 is 0. The predicted octanol–water partition coefficient (Wildman–Crippen LogP) is 2.68. The van der Waals surface area contributed by atoms with Crippen LogP contribution in [0.5, 0.6) is 5.75 Å². The smallest absolute Gasteiger partial charge is 0.311 e. The van der Waals surface area contributed by atoms with E-state index in [9.17, 15) is 9.59 Å². The monoisotopic (exact) mass is 338 g/mol. The highest BCUT2D eigenvalue weighted by Crippen LogP contribution is 2.13. The van der Waals surface area contributed by atoms with E-state index in [0.717, 1.165) is 5.56 Å². The molecule has 25 heavy (non-hydrogen) atoms. The van der Waals surface area contributed by atoms with Crippen molar-refractivity contribution in [2.24, 2.45) is 0 Å². The number of esters is 1. The molecule has 6 heteroatoms. The van der Waals surface area contributed by atoms with Gasteiger partial charge in [-0.25, -0.2) is 0 Å². The molecule has 0 saturated carbocycles. The lowest BCUT2D eigenvalue weighted by atomic mass is 10.1. The van der Waals surface area contributed by atoms with Crippen LogP contribution in [0.4, 0.5) is 5.69 Å². The van der Waals surface area contributed by atoms with Gasteiger partial charge in [-0.3, -0.25) is 9.59 Å². The molecule has 1 N–H and O–H groups in total. The van der Waals surface area contributed by atoms with Crippen LogP contribution in [-0.2, 0) is 20.7 Å². The topological polar surface area (TPSA) is 88.4 Å². The molecular weight excluding hydrogens is 320 g/mol. The molecule has 0 aliphatic heterocycles. The number of carbonyl (C=O) groups excluding carboxylic acids is 2. The molecule has 0 spiro atoms. The number of amides is 1. The maximum atomic E-state index is 12.1. The normalized spacial score (nSPS) is 11.1. The van der Waals surface area contributed by atoms with Crippen LogP contribution in [-0.4, -0.2) is 25.1 Å². The van der Waals surface area contributed by atoms with Crippen LogP contribution in [0.25, 0.3) is 0 Å². The quantitative estimate of drug-likeness (QED) is 0.818. The van der Waals surface area contributed by atoms with Gasteiger partial charge in [0, 0.05) is 5.69 Å². The average molecular weight is 338 g/mol. The Balaban J connectivity index is 1.86. The van der Waals surface area contributed by atoms with Gasteiger partial charge in [-0.05, 0) is 48.9 Å². The summed E-state index contributed by atoms with van der Waals surface area (Å²) < 4.78 is 10.2. The van der Waals surface area contributed by atoms with E-state index in [1.165, 1.54) is 6.92 Å². The number of rotatable bonds is 6. The fourth-order valence-electron chi connectivity index (χ4n) is 2.07. The highest BCUT2D eigenvalue weighted by Gasteiger charge is 2.18. The number of nitrogens with one attached hydrogen (secondary N) is 1. The zero-order valence-corrected chi connectivity index (χ0v) is 14.0. The molecule has 0 unspecified atom stereocenters. The van der Waals surface area contributed by atoms with E-state index < -0.39 is 18.0 Å². The van der Waals surface area contributed by atoms with Crippen molar-refractivity contribution in [3.63, 3.8) is 0 Å². The molecule has 0 fully saturated rings. The van der Waals surface area contributed by atoms with Crippen molar-refractivity contribution in [1.82, 2.24) is 0 Å². The predicted molar refractivity (Wildman–Crippen MR) is 92.0 cm³/mol. The minimum atomic E-state index is -0.929. The van der Waals surface area contributed by atoms with E-state index in [1.807, 2.05) is 6.07 Å². The van der Waals surface area contributed by atoms with Crippen molar-refractivity contribution in [2.45, 2.75) is 19.4 Å². The number of hydrogen-bond donors (Lipinski definition) is 1. The second-order valence-corrected chi connectivity index (χ2v) is 5.34. The zero-order valence-electron chi connectivity index (χ0n) is 14.0. The molecule has 1 amide bonds. The largest absolute Gasteiger partial charge is 0.497 e. The minimum Gasteiger partial charge on any atom is -0.497 e. The van der Waals surface area contributed by atoms with Crippen LogP contribution < -0.4 is 10.1 Å². The lowest BCUT2D eigenvalue weighted by Crippen LogP contribution is -2.30. The number of methoxy groups -OCH3 is 1. The van der Waals surface area contributed by atoms with Crippen LogP contribution in [0.15, 0.2) is 48.5 Å². The Hall–Kier alpha value is -3.33. The molecule has 1 atom stereocenters. The lowest BCUT2D eigenvalue weighted by molar-refractivity contribution is -0.152. The van der Waals surface area contributed by atoms with Crippen LogP contribution in [0, 0.1) is 11.3 Å². The number of ether oxygens (including phenoxy) is 2. The first-order valence-corrected chi connectivity index (χ1v) is 7.65. The van der Waals surface area contributed by atoms with Gasteiger partial charge in [-0.1, -0.05) is 12.1 Å². The average Bonchev–Trinajstić information content (AvgIpc) is 2.62. The SMILES string of the molecule is COc1ccc(CC(=O)O[C@@H](C)C(=O)Nc2ccc(C#N)cc2)cc1. The second kappa shape index (κ2) is 8.50. The third-order valence-electron chi connectivity index (χ3n) is 3.47. The lowest BCUT2D eigenvalue weighted by Gasteiger charge is -2.13. The van der Waals surface area contributed by atoms with Crippen molar-refractivity contribution in [3.8, 4) is 11.8 Å². The van der Waals surface area contributed by atoms with Gasteiger partial charge in [0.1, 0.15) is 5.75 Å². The summed E-state index contributed by atoms with van der Waals surface area (Å²) in [5.74, 6) is -0.229. The van der Waals surface area contributed by atoms with Crippen molar-refractivity contribution >= 4 is 17.6 Å². The van der Waals surface area contributed by atoms with Crippen molar-refractivity contribution in [3.05, 3.63) is 59.7 Å². The third-order valence-corrected chi connectivity index (χ3v) is 3.47. The molecule has 2 aromatic rings. The van der Waals surface area contributed by atoms with Crippen molar-refractivity contribution in [1.29, 1.82) is 5.26 Å². The Bertz CT molecular complexity index is 777. The standard InChI is InChI=1S/C19H18N2O4/c1-13(19(23)21-16-7-3-15(12-20)4-8-16)25-18(22)11-14-5-9-17(24-2)10-6-14/h3-10,13H,11H2,1-2H3,(H,21,23)/t13-/m0/s1. The van der Waals surface area contributed by atoms with Crippen LogP contribution in [0.3, 0.4) is 0 Å². The number of benzene rings is 2. The summed E-state index contributed by atoms with van der Waals surface area (Å²) in [6.45, 7) is 1.50. The van der Waals surface area contributed by atoms with E-state index in [0.29, 0.717) is 17.0 Å². The van der Waals surface area contributed by atoms with Gasteiger partial charge in [0.2, 0.25) is 0 Å². The number of nitrogens with zero attached hydrogens (tertiary/aromatic N) is 1. The Labute approximate surface area is 146 Å². The summed E-state index contributed by atoms with van der Waals surface area (Å²) in [5.41, 5.74) is 1.80. The molecule has 0 heterocycles. The summed E-state index contributed by atoms with van der Waals surface area (Å²) in [7, 11) is 1.57. The summed E-state index contributed by atoms with van der Waals surface area (Å²) in [6, 6.07) is 15.4. The molecule has 2 rings (SSSR count). The molecule has 0 bridgehead atoms. The van der Waals surface area contributed by atoms with E-state index in [1.54, 1.807) is 55.6 Å². The first kappa shape index (κ1) is 18.0. The summed E-state index contributed by atoms with van der Waals surface area (Å²) in [6.07, 6.45) is -0.861. The van der Waals surface area contributed by atoms with Gasteiger partial charge in [0.05, 0.1) is 25.2 Å². The van der Waals surface area contributed by atoms with Crippen molar-refractivity contribution in [2.75, 3.05) is 12.4 Å². The van der Waals surface area contributed by atoms with Gasteiger partial charge in [0.25, 0.3) is 5.91 Å². The van der Waals surface area contributed by atoms with Gasteiger partial charge < -0.3 is 14.8 Å². The fourth-order valence-corrected chi connectivity index (χ4v) is 2.07. The van der Waals surface area contributed by atoms with Crippen LogP contribution in [0.1, 0.15) is 18.1 Å². The summed E-state index contributed by atoms with van der Waals surface area (Å²) in [5, 5.41) is 11.4. The highest BCUT2D eigenvalue weighted by atomic mass is 16.5. The number of anilines is 1. The van der Waals surface area contributed by atoms with Gasteiger partial charge >= 0.3 is 5.97 Å². The molecule has 0 saturated heterocycles. The third kappa shape index (κ3) is 5.36. The molecule has 0 aromatic heterocycles.